The van der Waals surface area contributed by atoms with Crippen LogP contribution in [0, 0.1) is 12.7 Å². The van der Waals surface area contributed by atoms with Crippen molar-refractivity contribution in [1.82, 2.24) is 4.98 Å². The van der Waals surface area contributed by atoms with E-state index in [1.807, 2.05) is 0 Å². The summed E-state index contributed by atoms with van der Waals surface area (Å²) < 4.78 is 18.6. The number of carbonyl (C=O) groups excluding carboxylic acids is 1. The molecule has 3 aromatic rings. The van der Waals surface area contributed by atoms with Crippen molar-refractivity contribution in [1.29, 1.82) is 0 Å². The fourth-order valence-corrected chi connectivity index (χ4v) is 2.31. The number of fused-ring (bicyclic) bond motifs is 1. The zero-order valence-corrected chi connectivity index (χ0v) is 12.2. The predicted octanol–water partition coefficient (Wildman–Crippen LogP) is 3.28. The Morgan fingerprint density at radius 2 is 1.78 bits per heavy atom. The first kappa shape index (κ1) is 14.8. The van der Waals surface area contributed by atoms with Crippen LogP contribution in [0.25, 0.3) is 10.8 Å². The number of ether oxygens (including phenoxy) is 1. The number of pyridine rings is 1. The van der Waals surface area contributed by atoms with Gasteiger partial charge in [-0.3, -0.25) is 4.79 Å². The molecular formula is C17H13FN2O3. The first-order valence-electron chi connectivity index (χ1n) is 6.82. The highest BCUT2D eigenvalue weighted by atomic mass is 19.1. The van der Waals surface area contributed by atoms with Gasteiger partial charge in [0.15, 0.2) is 11.4 Å². The highest BCUT2D eigenvalue weighted by molar-refractivity contribution is 6.01. The fourth-order valence-electron chi connectivity index (χ4n) is 2.31. The Morgan fingerprint density at radius 3 is 2.43 bits per heavy atom. The van der Waals surface area contributed by atoms with Crippen molar-refractivity contribution >= 4 is 16.7 Å². The van der Waals surface area contributed by atoms with Crippen molar-refractivity contribution in [3.63, 3.8) is 0 Å². The summed E-state index contributed by atoms with van der Waals surface area (Å²) in [4.78, 5) is 15.3. The van der Waals surface area contributed by atoms with Gasteiger partial charge in [-0.05, 0) is 49.4 Å². The molecule has 0 unspecified atom stereocenters. The largest absolute Gasteiger partial charge is 0.505 e. The van der Waals surface area contributed by atoms with Gasteiger partial charge in [-0.15, -0.1) is 0 Å². The van der Waals surface area contributed by atoms with Crippen LogP contribution in [0.3, 0.4) is 0 Å². The molecule has 0 saturated carbocycles. The SMILES string of the molecule is Cc1nc(C(N)=O)c(O)c2ccc(Oc3ccc(F)cc3)cc12. The number of halogens is 1. The lowest BCUT2D eigenvalue weighted by atomic mass is 10.1. The molecule has 1 heterocycles. The summed E-state index contributed by atoms with van der Waals surface area (Å²) in [6, 6.07) is 10.6. The molecule has 0 bridgehead atoms. The maximum Gasteiger partial charge on any atom is 0.271 e. The molecule has 0 spiro atoms. The first-order chi connectivity index (χ1) is 11.0. The topological polar surface area (TPSA) is 85.4 Å². The number of nitrogens with two attached hydrogens (primary N) is 1. The highest BCUT2D eigenvalue weighted by Gasteiger charge is 2.15. The van der Waals surface area contributed by atoms with Crippen LogP contribution in [0.5, 0.6) is 17.2 Å². The van der Waals surface area contributed by atoms with Gasteiger partial charge in [0.2, 0.25) is 0 Å². The third kappa shape index (κ3) is 2.78. The molecule has 1 amide bonds. The smallest absolute Gasteiger partial charge is 0.271 e. The summed E-state index contributed by atoms with van der Waals surface area (Å²) in [6.45, 7) is 1.70. The van der Waals surface area contributed by atoms with E-state index in [0.29, 0.717) is 28.0 Å². The van der Waals surface area contributed by atoms with Crippen molar-refractivity contribution < 1.29 is 19.0 Å². The zero-order valence-electron chi connectivity index (χ0n) is 12.2. The second kappa shape index (κ2) is 5.57. The van der Waals surface area contributed by atoms with Crippen LogP contribution in [0.15, 0.2) is 42.5 Å². The Kier molecular flexibility index (Phi) is 3.57. The molecule has 0 aliphatic heterocycles. The normalized spacial score (nSPS) is 10.7. The van der Waals surface area contributed by atoms with Gasteiger partial charge in [0.25, 0.3) is 5.91 Å². The standard InChI is InChI=1S/C17H13FN2O3/c1-9-14-8-12(23-11-4-2-10(18)3-5-11)6-7-13(14)16(21)15(20-9)17(19)22/h2-8,21H,1H3,(H2,19,22). The Morgan fingerprint density at radius 1 is 1.13 bits per heavy atom. The van der Waals surface area contributed by atoms with Crippen LogP contribution < -0.4 is 10.5 Å². The quantitative estimate of drug-likeness (QED) is 0.777. The van der Waals surface area contributed by atoms with Gasteiger partial charge >= 0.3 is 0 Å². The minimum Gasteiger partial charge on any atom is -0.505 e. The van der Waals surface area contributed by atoms with E-state index in [9.17, 15) is 14.3 Å². The molecule has 0 saturated heterocycles. The number of amides is 1. The number of hydrogen-bond donors (Lipinski definition) is 2. The molecule has 6 heteroatoms. The average Bonchev–Trinajstić information content (AvgIpc) is 2.53. The van der Waals surface area contributed by atoms with Crippen LogP contribution in [0.1, 0.15) is 16.2 Å². The Labute approximate surface area is 131 Å². The first-order valence-corrected chi connectivity index (χ1v) is 6.82. The third-order valence-corrected chi connectivity index (χ3v) is 3.42. The molecular weight excluding hydrogens is 299 g/mol. The molecule has 116 valence electrons. The number of aromatic nitrogens is 1. The average molecular weight is 312 g/mol. The van der Waals surface area contributed by atoms with Gasteiger partial charge < -0.3 is 15.6 Å². The third-order valence-electron chi connectivity index (χ3n) is 3.42. The van der Waals surface area contributed by atoms with Gasteiger partial charge in [0.05, 0.1) is 0 Å². The number of carbonyl (C=O) groups is 1. The van der Waals surface area contributed by atoms with Gasteiger partial charge in [-0.25, -0.2) is 9.37 Å². The number of aromatic hydroxyl groups is 1. The summed E-state index contributed by atoms with van der Waals surface area (Å²) in [5, 5.41) is 11.2. The van der Waals surface area contributed by atoms with Crippen LogP contribution in [-0.4, -0.2) is 16.0 Å². The van der Waals surface area contributed by atoms with Crippen LogP contribution in [-0.2, 0) is 0 Å². The van der Waals surface area contributed by atoms with Gasteiger partial charge in [-0.2, -0.15) is 0 Å². The summed E-state index contributed by atoms with van der Waals surface area (Å²) >= 11 is 0. The number of rotatable bonds is 3. The second-order valence-electron chi connectivity index (χ2n) is 5.02. The Balaban J connectivity index is 2.05. The van der Waals surface area contributed by atoms with Crippen molar-refractivity contribution in [2.45, 2.75) is 6.92 Å². The van der Waals surface area contributed by atoms with Crippen molar-refractivity contribution in [3.8, 4) is 17.2 Å². The summed E-state index contributed by atoms with van der Waals surface area (Å²) in [5.74, 6) is -0.417. The minimum atomic E-state index is -0.792. The van der Waals surface area contributed by atoms with Crippen molar-refractivity contribution in [2.75, 3.05) is 0 Å². The van der Waals surface area contributed by atoms with E-state index in [-0.39, 0.29) is 17.3 Å². The second-order valence-corrected chi connectivity index (χ2v) is 5.02. The van der Waals surface area contributed by atoms with E-state index in [2.05, 4.69) is 4.98 Å². The molecule has 0 radical (unpaired) electrons. The Hall–Kier alpha value is -3.15. The van der Waals surface area contributed by atoms with Gasteiger partial charge in [0, 0.05) is 16.5 Å². The van der Waals surface area contributed by atoms with E-state index in [1.165, 1.54) is 24.3 Å². The predicted molar refractivity (Wildman–Crippen MR) is 83.1 cm³/mol. The lowest BCUT2D eigenvalue weighted by Gasteiger charge is -2.10. The van der Waals surface area contributed by atoms with Crippen LogP contribution >= 0.6 is 0 Å². The zero-order chi connectivity index (χ0) is 16.6. The highest BCUT2D eigenvalue weighted by Crippen LogP contribution is 2.33. The van der Waals surface area contributed by atoms with Crippen LogP contribution in [0.2, 0.25) is 0 Å². The maximum atomic E-state index is 12.9. The summed E-state index contributed by atoms with van der Waals surface area (Å²) in [5.41, 5.74) is 5.58. The van der Waals surface area contributed by atoms with Crippen LogP contribution in [0.4, 0.5) is 4.39 Å². The number of hydrogen-bond acceptors (Lipinski definition) is 4. The van der Waals surface area contributed by atoms with E-state index >= 15 is 0 Å². The van der Waals surface area contributed by atoms with Crippen molar-refractivity contribution in [2.24, 2.45) is 5.73 Å². The molecule has 1 aromatic heterocycles. The van der Waals surface area contributed by atoms with Crippen molar-refractivity contribution in [3.05, 3.63) is 59.7 Å². The monoisotopic (exact) mass is 312 g/mol. The lowest BCUT2D eigenvalue weighted by Crippen LogP contribution is -2.14. The molecule has 0 atom stereocenters. The number of nitrogens with zero attached hydrogens (tertiary/aromatic N) is 1. The fraction of sp³-hybridized carbons (Fsp3) is 0.0588. The molecule has 0 fully saturated rings. The number of aryl methyl sites for hydroxylation is 1. The molecule has 5 nitrogen and oxygen atoms in total. The van der Waals surface area contributed by atoms with E-state index < -0.39 is 5.91 Å². The van der Waals surface area contributed by atoms with E-state index in [4.69, 9.17) is 10.5 Å². The molecule has 3 N–H and O–H groups in total. The molecule has 2 aromatic carbocycles. The molecule has 3 rings (SSSR count). The lowest BCUT2D eigenvalue weighted by molar-refractivity contribution is 0.0993. The number of benzene rings is 2. The van der Waals surface area contributed by atoms with E-state index in [0.717, 1.165) is 0 Å². The van der Waals surface area contributed by atoms with E-state index in [1.54, 1.807) is 25.1 Å². The molecule has 23 heavy (non-hydrogen) atoms. The molecule has 0 aliphatic rings. The maximum absolute atomic E-state index is 12.9. The number of primary amides is 1. The summed E-state index contributed by atoms with van der Waals surface area (Å²) in [6.07, 6.45) is 0. The summed E-state index contributed by atoms with van der Waals surface area (Å²) in [7, 11) is 0. The van der Waals surface area contributed by atoms with Gasteiger partial charge in [0.1, 0.15) is 17.3 Å². The minimum absolute atomic E-state index is 0.165. The van der Waals surface area contributed by atoms with Gasteiger partial charge in [-0.1, -0.05) is 0 Å². The molecule has 0 aliphatic carbocycles. The Bertz CT molecular complexity index is 908.